The van der Waals surface area contributed by atoms with Crippen molar-refractivity contribution in [2.75, 3.05) is 0 Å². The third-order valence-electron chi connectivity index (χ3n) is 1.33. The van der Waals surface area contributed by atoms with Crippen molar-refractivity contribution < 1.29 is 9.72 Å². The Morgan fingerprint density at radius 3 is 2.58 bits per heavy atom. The van der Waals surface area contributed by atoms with Gasteiger partial charge in [-0.25, -0.2) is 0 Å². The normalized spacial score (nSPS) is 9.42. The summed E-state index contributed by atoms with van der Waals surface area (Å²) in [4.78, 5) is 20.2. The molecular formula is C7H4BrNO3. The molecule has 0 unspecified atom stereocenters. The summed E-state index contributed by atoms with van der Waals surface area (Å²) in [6.45, 7) is 0. The van der Waals surface area contributed by atoms with E-state index in [2.05, 4.69) is 15.9 Å². The third-order valence-corrected chi connectivity index (χ3v) is 1.97. The quantitative estimate of drug-likeness (QED) is 0.444. The van der Waals surface area contributed by atoms with Crippen LogP contribution in [0.4, 0.5) is 5.69 Å². The first-order valence-corrected chi connectivity index (χ1v) is 3.84. The van der Waals surface area contributed by atoms with Gasteiger partial charge in [-0.3, -0.25) is 14.9 Å². The molecule has 1 rings (SSSR count). The van der Waals surface area contributed by atoms with Crippen LogP contribution in [-0.2, 0) is 0 Å². The lowest BCUT2D eigenvalue weighted by Crippen LogP contribution is -1.94. The highest BCUT2D eigenvalue weighted by atomic mass is 79.9. The minimum Gasteiger partial charge on any atom is -0.298 e. The van der Waals surface area contributed by atoms with Crippen LogP contribution in [0, 0.1) is 10.1 Å². The van der Waals surface area contributed by atoms with Crippen LogP contribution < -0.4 is 0 Å². The van der Waals surface area contributed by atoms with Crippen molar-refractivity contribution in [1.29, 1.82) is 0 Å². The number of para-hydroxylation sites is 1. The largest absolute Gasteiger partial charge is 0.298 e. The molecule has 0 saturated heterocycles. The number of rotatable bonds is 2. The van der Waals surface area contributed by atoms with E-state index in [9.17, 15) is 14.9 Å². The molecule has 4 nitrogen and oxygen atoms in total. The lowest BCUT2D eigenvalue weighted by atomic mass is 10.2. The fraction of sp³-hybridized carbons (Fsp3) is 0. The van der Waals surface area contributed by atoms with E-state index in [0.717, 1.165) is 0 Å². The highest BCUT2D eigenvalue weighted by Gasteiger charge is 2.16. The Kier molecular flexibility index (Phi) is 2.54. The molecule has 0 fully saturated rings. The Morgan fingerprint density at radius 2 is 2.17 bits per heavy atom. The summed E-state index contributed by atoms with van der Waals surface area (Å²) in [5, 5.41) is 10.4. The van der Waals surface area contributed by atoms with Crippen LogP contribution in [0.15, 0.2) is 22.7 Å². The second kappa shape index (κ2) is 3.44. The number of nitrogens with zero attached hydrogens (tertiary/aromatic N) is 1. The van der Waals surface area contributed by atoms with Gasteiger partial charge in [0.15, 0.2) is 6.29 Å². The van der Waals surface area contributed by atoms with E-state index >= 15 is 0 Å². The van der Waals surface area contributed by atoms with Gasteiger partial charge in [0.25, 0.3) is 5.69 Å². The fourth-order valence-electron chi connectivity index (χ4n) is 0.820. The van der Waals surface area contributed by atoms with Gasteiger partial charge in [-0.15, -0.1) is 0 Å². The number of carbonyl (C=O) groups is 1. The molecule has 0 saturated carbocycles. The van der Waals surface area contributed by atoms with Gasteiger partial charge in [0.2, 0.25) is 0 Å². The smallest absolute Gasteiger partial charge is 0.293 e. The summed E-state index contributed by atoms with van der Waals surface area (Å²) >= 11 is 2.99. The molecule has 1 aromatic carbocycles. The van der Waals surface area contributed by atoms with E-state index in [1.165, 1.54) is 12.1 Å². The molecule has 0 spiro atoms. The molecule has 0 aliphatic carbocycles. The maximum absolute atomic E-state index is 10.4. The Labute approximate surface area is 76.5 Å². The van der Waals surface area contributed by atoms with E-state index in [0.29, 0.717) is 10.8 Å². The first-order chi connectivity index (χ1) is 5.66. The highest BCUT2D eigenvalue weighted by molar-refractivity contribution is 9.10. The first-order valence-electron chi connectivity index (χ1n) is 3.05. The molecule has 0 radical (unpaired) electrons. The van der Waals surface area contributed by atoms with Crippen LogP contribution in [0.3, 0.4) is 0 Å². The molecule has 0 aromatic heterocycles. The van der Waals surface area contributed by atoms with Crippen LogP contribution >= 0.6 is 15.9 Å². The molecule has 0 aliphatic heterocycles. The number of halogens is 1. The molecule has 0 bridgehead atoms. The van der Waals surface area contributed by atoms with Crippen molar-refractivity contribution in [2.24, 2.45) is 0 Å². The number of carbonyl (C=O) groups excluding carboxylic acids is 1. The van der Waals surface area contributed by atoms with Crippen LogP contribution in [0.2, 0.25) is 0 Å². The second-order valence-corrected chi connectivity index (χ2v) is 2.91. The lowest BCUT2D eigenvalue weighted by molar-refractivity contribution is -0.385. The zero-order valence-corrected chi connectivity index (χ0v) is 7.45. The van der Waals surface area contributed by atoms with E-state index in [-0.39, 0.29) is 11.3 Å². The van der Waals surface area contributed by atoms with Gasteiger partial charge in [0.1, 0.15) is 0 Å². The molecule has 62 valence electrons. The summed E-state index contributed by atoms with van der Waals surface area (Å²) in [6, 6.07) is 4.49. The molecule has 0 aliphatic rings. The van der Waals surface area contributed by atoms with Gasteiger partial charge in [-0.05, 0) is 28.1 Å². The predicted octanol–water partition coefficient (Wildman–Crippen LogP) is 2.17. The predicted molar refractivity (Wildman–Crippen MR) is 46.2 cm³/mol. The van der Waals surface area contributed by atoms with Crippen LogP contribution in [0.5, 0.6) is 0 Å². The van der Waals surface area contributed by atoms with Gasteiger partial charge in [-0.1, -0.05) is 6.07 Å². The fourth-order valence-corrected chi connectivity index (χ4v) is 1.35. The Hall–Kier alpha value is -1.23. The number of nitro benzene ring substituents is 1. The van der Waals surface area contributed by atoms with Crippen molar-refractivity contribution in [1.82, 2.24) is 0 Å². The topological polar surface area (TPSA) is 60.2 Å². The van der Waals surface area contributed by atoms with Crippen molar-refractivity contribution in [3.05, 3.63) is 38.3 Å². The highest BCUT2D eigenvalue weighted by Crippen LogP contribution is 2.27. The Balaban J connectivity index is 3.39. The number of hydrogen-bond acceptors (Lipinski definition) is 3. The standard InChI is InChI=1S/C7H4BrNO3/c8-6-3-1-2-5(4-10)7(6)9(11)12/h1-4H. The molecule has 5 heteroatoms. The summed E-state index contributed by atoms with van der Waals surface area (Å²) in [5.74, 6) is 0. The number of nitro groups is 1. The summed E-state index contributed by atoms with van der Waals surface area (Å²) in [7, 11) is 0. The number of benzene rings is 1. The molecule has 0 amide bonds. The summed E-state index contributed by atoms with van der Waals surface area (Å²) in [5.41, 5.74) is -0.109. The second-order valence-electron chi connectivity index (χ2n) is 2.05. The zero-order chi connectivity index (χ0) is 9.14. The molecule has 12 heavy (non-hydrogen) atoms. The number of aldehydes is 1. The maximum atomic E-state index is 10.4. The first kappa shape index (κ1) is 8.86. The van der Waals surface area contributed by atoms with Crippen molar-refractivity contribution >= 4 is 27.9 Å². The third kappa shape index (κ3) is 1.50. The SMILES string of the molecule is O=Cc1cccc(Br)c1[N+](=O)[O-]. The lowest BCUT2D eigenvalue weighted by Gasteiger charge is -1.96. The van der Waals surface area contributed by atoms with Gasteiger partial charge < -0.3 is 0 Å². The minimum atomic E-state index is -0.589. The van der Waals surface area contributed by atoms with Crippen LogP contribution in [0.25, 0.3) is 0 Å². The molecule has 0 heterocycles. The van der Waals surface area contributed by atoms with E-state index in [4.69, 9.17) is 0 Å². The van der Waals surface area contributed by atoms with Gasteiger partial charge in [-0.2, -0.15) is 0 Å². The zero-order valence-electron chi connectivity index (χ0n) is 5.86. The molecular weight excluding hydrogens is 226 g/mol. The van der Waals surface area contributed by atoms with Crippen molar-refractivity contribution in [3.63, 3.8) is 0 Å². The van der Waals surface area contributed by atoms with Crippen LogP contribution in [0.1, 0.15) is 10.4 Å². The van der Waals surface area contributed by atoms with Gasteiger partial charge in [0.05, 0.1) is 15.0 Å². The van der Waals surface area contributed by atoms with Crippen molar-refractivity contribution in [2.45, 2.75) is 0 Å². The monoisotopic (exact) mass is 229 g/mol. The van der Waals surface area contributed by atoms with Gasteiger partial charge in [0, 0.05) is 0 Å². The van der Waals surface area contributed by atoms with E-state index in [1.54, 1.807) is 6.07 Å². The van der Waals surface area contributed by atoms with Crippen molar-refractivity contribution in [3.8, 4) is 0 Å². The van der Waals surface area contributed by atoms with E-state index in [1.807, 2.05) is 0 Å². The average Bonchev–Trinajstić information content (AvgIpc) is 2.03. The van der Waals surface area contributed by atoms with Crippen LogP contribution in [-0.4, -0.2) is 11.2 Å². The maximum Gasteiger partial charge on any atom is 0.293 e. The molecule has 0 atom stereocenters. The Morgan fingerprint density at radius 1 is 1.50 bits per heavy atom. The van der Waals surface area contributed by atoms with E-state index < -0.39 is 4.92 Å². The number of hydrogen-bond donors (Lipinski definition) is 0. The van der Waals surface area contributed by atoms with Gasteiger partial charge >= 0.3 is 0 Å². The molecule has 1 aromatic rings. The Bertz CT molecular complexity index is 337. The average molecular weight is 230 g/mol. The summed E-state index contributed by atoms with van der Waals surface area (Å²) in [6.07, 6.45) is 0.461. The molecule has 0 N–H and O–H groups in total. The summed E-state index contributed by atoms with van der Waals surface area (Å²) < 4.78 is 0.317. The minimum absolute atomic E-state index is 0.0781.